The summed E-state index contributed by atoms with van der Waals surface area (Å²) in [5, 5.41) is 27.0. The SMILES string of the molecule is CCCCCCCCCCCCCCCCCCCCCCC(O)(O)C(=O)O. The molecule has 0 unspecified atom stereocenters. The Morgan fingerprint density at radius 3 is 1.04 bits per heavy atom. The number of rotatable bonds is 22. The van der Waals surface area contributed by atoms with E-state index < -0.39 is 11.8 Å². The van der Waals surface area contributed by atoms with Crippen molar-refractivity contribution in [3.8, 4) is 0 Å². The summed E-state index contributed by atoms with van der Waals surface area (Å²) in [5.41, 5.74) is 0. The molecule has 0 aromatic carbocycles. The summed E-state index contributed by atoms with van der Waals surface area (Å²) in [4.78, 5) is 10.6. The van der Waals surface area contributed by atoms with Crippen LogP contribution >= 0.6 is 0 Å². The predicted molar refractivity (Wildman–Crippen MR) is 117 cm³/mol. The lowest BCUT2D eigenvalue weighted by Crippen LogP contribution is -2.37. The number of carboxylic acids is 1. The molecule has 168 valence electrons. The molecule has 0 spiro atoms. The Balaban J connectivity index is 3.12. The minimum Gasteiger partial charge on any atom is -0.477 e. The fraction of sp³-hybridized carbons (Fsp3) is 0.958. The van der Waals surface area contributed by atoms with E-state index >= 15 is 0 Å². The van der Waals surface area contributed by atoms with Crippen LogP contribution in [0.15, 0.2) is 0 Å². The van der Waals surface area contributed by atoms with Crippen molar-refractivity contribution in [1.29, 1.82) is 0 Å². The van der Waals surface area contributed by atoms with Crippen molar-refractivity contribution in [1.82, 2.24) is 0 Å². The lowest BCUT2D eigenvalue weighted by molar-refractivity contribution is -0.205. The summed E-state index contributed by atoms with van der Waals surface area (Å²) < 4.78 is 0. The van der Waals surface area contributed by atoms with Crippen molar-refractivity contribution >= 4 is 5.97 Å². The van der Waals surface area contributed by atoms with Gasteiger partial charge in [0.1, 0.15) is 0 Å². The van der Waals surface area contributed by atoms with Crippen LogP contribution in [0.1, 0.15) is 142 Å². The monoisotopic (exact) mass is 400 g/mol. The van der Waals surface area contributed by atoms with Crippen LogP contribution < -0.4 is 0 Å². The van der Waals surface area contributed by atoms with E-state index in [4.69, 9.17) is 5.11 Å². The van der Waals surface area contributed by atoms with Crippen molar-refractivity contribution in [3.05, 3.63) is 0 Å². The molecule has 0 rings (SSSR count). The molecule has 0 saturated carbocycles. The second kappa shape index (κ2) is 19.7. The van der Waals surface area contributed by atoms with Crippen LogP contribution in [-0.2, 0) is 4.79 Å². The van der Waals surface area contributed by atoms with Crippen LogP contribution in [0, 0.1) is 0 Å². The number of aliphatic hydroxyl groups is 2. The highest BCUT2D eigenvalue weighted by molar-refractivity contribution is 5.74. The Morgan fingerprint density at radius 2 is 0.786 bits per heavy atom. The van der Waals surface area contributed by atoms with E-state index in [0.29, 0.717) is 6.42 Å². The van der Waals surface area contributed by atoms with Gasteiger partial charge in [-0.15, -0.1) is 0 Å². The average molecular weight is 401 g/mol. The second-order valence-electron chi connectivity index (χ2n) is 8.59. The smallest absolute Gasteiger partial charge is 0.364 e. The highest BCUT2D eigenvalue weighted by atomic mass is 16.5. The lowest BCUT2D eigenvalue weighted by Gasteiger charge is -2.15. The van der Waals surface area contributed by atoms with E-state index in [1.54, 1.807) is 0 Å². The van der Waals surface area contributed by atoms with Gasteiger partial charge in [-0.1, -0.05) is 129 Å². The molecular weight excluding hydrogens is 352 g/mol. The van der Waals surface area contributed by atoms with Gasteiger partial charge in [0.2, 0.25) is 0 Å². The number of unbranched alkanes of at least 4 members (excludes halogenated alkanes) is 19. The van der Waals surface area contributed by atoms with Gasteiger partial charge in [0.15, 0.2) is 0 Å². The Hall–Kier alpha value is -0.610. The molecule has 0 aliphatic heterocycles. The quantitative estimate of drug-likeness (QED) is 0.135. The van der Waals surface area contributed by atoms with Gasteiger partial charge >= 0.3 is 5.97 Å². The first-order valence-electron chi connectivity index (χ1n) is 12.2. The zero-order valence-corrected chi connectivity index (χ0v) is 18.6. The Kier molecular flexibility index (Phi) is 19.3. The molecule has 0 aliphatic rings. The zero-order valence-electron chi connectivity index (χ0n) is 18.6. The van der Waals surface area contributed by atoms with E-state index in [1.807, 2.05) is 0 Å². The van der Waals surface area contributed by atoms with Crippen molar-refractivity contribution in [2.75, 3.05) is 0 Å². The van der Waals surface area contributed by atoms with Crippen LogP contribution in [0.25, 0.3) is 0 Å². The first-order valence-corrected chi connectivity index (χ1v) is 12.2. The van der Waals surface area contributed by atoms with E-state index in [9.17, 15) is 15.0 Å². The summed E-state index contributed by atoms with van der Waals surface area (Å²) in [5.74, 6) is -4.10. The molecule has 4 nitrogen and oxygen atoms in total. The number of aliphatic carboxylic acids is 1. The molecule has 0 bridgehead atoms. The van der Waals surface area contributed by atoms with Crippen LogP contribution in [-0.4, -0.2) is 27.1 Å². The molecule has 0 saturated heterocycles. The van der Waals surface area contributed by atoms with Crippen molar-refractivity contribution in [2.24, 2.45) is 0 Å². The molecule has 0 aromatic heterocycles. The minimum atomic E-state index is -2.55. The van der Waals surface area contributed by atoms with Gasteiger partial charge in [0.05, 0.1) is 0 Å². The Labute approximate surface area is 174 Å². The van der Waals surface area contributed by atoms with E-state index in [0.717, 1.165) is 19.3 Å². The first-order chi connectivity index (χ1) is 13.5. The van der Waals surface area contributed by atoms with Crippen LogP contribution in [0.4, 0.5) is 0 Å². The predicted octanol–water partition coefficient (Wildman–Crippen LogP) is 6.96. The standard InChI is InChI=1S/C24H48O4/c1-2-3-4-5-6-7-8-9-10-11-12-13-14-15-16-17-18-19-20-21-22-24(27,28)23(25)26/h27-28H,2-22H2,1H3,(H,25,26). The van der Waals surface area contributed by atoms with Gasteiger partial charge in [-0.3, -0.25) is 0 Å². The van der Waals surface area contributed by atoms with Gasteiger partial charge < -0.3 is 15.3 Å². The third-order valence-electron chi connectivity index (χ3n) is 5.72. The molecule has 0 amide bonds. The topological polar surface area (TPSA) is 77.8 Å². The molecular formula is C24H48O4. The summed E-state index contributed by atoms with van der Waals surface area (Å²) >= 11 is 0. The second-order valence-corrected chi connectivity index (χ2v) is 8.59. The fourth-order valence-electron chi connectivity index (χ4n) is 3.73. The zero-order chi connectivity index (χ0) is 20.9. The first kappa shape index (κ1) is 27.4. The van der Waals surface area contributed by atoms with Gasteiger partial charge in [0, 0.05) is 6.42 Å². The van der Waals surface area contributed by atoms with Crippen LogP contribution in [0.2, 0.25) is 0 Å². The van der Waals surface area contributed by atoms with Crippen LogP contribution in [0.5, 0.6) is 0 Å². The Morgan fingerprint density at radius 1 is 0.536 bits per heavy atom. The minimum absolute atomic E-state index is 0.0821. The van der Waals surface area contributed by atoms with Crippen LogP contribution in [0.3, 0.4) is 0 Å². The average Bonchev–Trinajstić information content (AvgIpc) is 2.66. The van der Waals surface area contributed by atoms with Gasteiger partial charge in [-0.25, -0.2) is 4.79 Å². The lowest BCUT2D eigenvalue weighted by atomic mass is 10.0. The summed E-state index contributed by atoms with van der Waals surface area (Å²) in [6.45, 7) is 2.27. The Bertz CT molecular complexity index is 341. The van der Waals surface area contributed by atoms with Crippen molar-refractivity contribution < 1.29 is 20.1 Å². The maximum Gasteiger partial charge on any atom is 0.364 e. The highest BCUT2D eigenvalue weighted by Gasteiger charge is 2.31. The van der Waals surface area contributed by atoms with E-state index in [1.165, 1.54) is 103 Å². The number of carbonyl (C=O) groups is 1. The fourth-order valence-corrected chi connectivity index (χ4v) is 3.73. The maximum atomic E-state index is 10.6. The summed E-state index contributed by atoms with van der Waals surface area (Å²) in [6.07, 6.45) is 25.7. The molecule has 4 heteroatoms. The molecule has 0 fully saturated rings. The molecule has 3 N–H and O–H groups in total. The molecule has 0 radical (unpaired) electrons. The molecule has 0 aromatic rings. The molecule has 0 atom stereocenters. The van der Waals surface area contributed by atoms with E-state index in [2.05, 4.69) is 6.92 Å². The number of hydrogen-bond acceptors (Lipinski definition) is 3. The van der Waals surface area contributed by atoms with E-state index in [-0.39, 0.29) is 6.42 Å². The van der Waals surface area contributed by atoms with Gasteiger partial charge in [-0.2, -0.15) is 0 Å². The molecule has 0 heterocycles. The normalized spacial score (nSPS) is 11.8. The maximum absolute atomic E-state index is 10.6. The third kappa shape index (κ3) is 18.7. The van der Waals surface area contributed by atoms with Gasteiger partial charge in [-0.05, 0) is 6.42 Å². The third-order valence-corrected chi connectivity index (χ3v) is 5.72. The molecule has 28 heavy (non-hydrogen) atoms. The van der Waals surface area contributed by atoms with Crippen molar-refractivity contribution in [3.63, 3.8) is 0 Å². The number of carboxylic acid groups (broad SMARTS) is 1. The highest BCUT2D eigenvalue weighted by Crippen LogP contribution is 2.16. The van der Waals surface area contributed by atoms with Gasteiger partial charge in [0.25, 0.3) is 5.79 Å². The summed E-state index contributed by atoms with van der Waals surface area (Å²) in [7, 11) is 0. The molecule has 0 aliphatic carbocycles. The summed E-state index contributed by atoms with van der Waals surface area (Å²) in [6, 6.07) is 0. The number of hydrogen-bond donors (Lipinski definition) is 3. The largest absolute Gasteiger partial charge is 0.477 e. The van der Waals surface area contributed by atoms with Crippen molar-refractivity contribution in [2.45, 2.75) is 148 Å².